The number of Topliss-reactive ketones (excluding diaryl/α,β-unsaturated/α-hetero) is 1. The van der Waals surface area contributed by atoms with Gasteiger partial charge < -0.3 is 18.8 Å². The number of imidazole rings is 1. The maximum absolute atomic E-state index is 12.2. The Hall–Kier alpha value is -3.87. The Balaban J connectivity index is 1.67. The summed E-state index contributed by atoms with van der Waals surface area (Å²) in [5.41, 5.74) is 3.34. The summed E-state index contributed by atoms with van der Waals surface area (Å²) in [7, 11) is 1.60. The first kappa shape index (κ1) is 21.4. The van der Waals surface area contributed by atoms with E-state index in [4.69, 9.17) is 14.2 Å². The first-order valence-corrected chi connectivity index (χ1v) is 10.3. The molecule has 2 aromatic carbocycles. The third kappa shape index (κ3) is 4.42. The Kier molecular flexibility index (Phi) is 6.07. The van der Waals surface area contributed by atoms with Gasteiger partial charge in [0, 0.05) is 30.0 Å². The molecule has 0 aliphatic rings. The number of benzene rings is 2. The Morgan fingerprint density at radius 1 is 1.00 bits per heavy atom. The second kappa shape index (κ2) is 9.09. The summed E-state index contributed by atoms with van der Waals surface area (Å²) >= 11 is 0. The third-order valence-corrected chi connectivity index (χ3v) is 5.35. The van der Waals surface area contributed by atoms with Crippen LogP contribution >= 0.6 is 0 Å². The van der Waals surface area contributed by atoms with Gasteiger partial charge in [0.15, 0.2) is 17.3 Å². The Morgan fingerprint density at radius 3 is 2.53 bits per heavy atom. The van der Waals surface area contributed by atoms with Gasteiger partial charge in [0.25, 0.3) is 0 Å². The fourth-order valence-electron chi connectivity index (χ4n) is 3.44. The molecule has 0 atom stereocenters. The third-order valence-electron chi connectivity index (χ3n) is 5.35. The molecule has 7 nitrogen and oxygen atoms in total. The number of nitrogens with zero attached hydrogens (tertiary/aromatic N) is 3. The highest BCUT2D eigenvalue weighted by molar-refractivity contribution is 5.97. The monoisotopic (exact) mass is 431 g/mol. The van der Waals surface area contributed by atoms with E-state index in [9.17, 15) is 4.79 Å². The molecule has 0 spiro atoms. The van der Waals surface area contributed by atoms with Gasteiger partial charge >= 0.3 is 0 Å². The molecule has 4 aromatic rings. The normalized spacial score (nSPS) is 10.9. The Labute approximate surface area is 186 Å². The van der Waals surface area contributed by atoms with Crippen LogP contribution in [0.1, 0.15) is 28.4 Å². The summed E-state index contributed by atoms with van der Waals surface area (Å²) in [6, 6.07) is 9.21. The molecule has 0 aliphatic heterocycles. The summed E-state index contributed by atoms with van der Waals surface area (Å²) in [4.78, 5) is 20.7. The number of pyridine rings is 1. The minimum atomic E-state index is -0.0485. The molecule has 0 N–H and O–H groups in total. The molecule has 0 bridgehead atoms. The predicted molar refractivity (Wildman–Crippen MR) is 122 cm³/mol. The van der Waals surface area contributed by atoms with Crippen LogP contribution in [0.15, 0.2) is 55.2 Å². The number of carbonyl (C=O) groups excluding carboxylic acids is 1. The number of ether oxygens (including phenoxy) is 3. The number of fused-ring (bicyclic) bond motifs is 1. The quantitative estimate of drug-likeness (QED) is 0.360. The molecule has 7 heteroatoms. The highest BCUT2D eigenvalue weighted by atomic mass is 16.5. The van der Waals surface area contributed by atoms with Crippen molar-refractivity contribution in [2.45, 2.75) is 27.3 Å². The van der Waals surface area contributed by atoms with Gasteiger partial charge in [-0.3, -0.25) is 9.78 Å². The molecule has 0 aliphatic carbocycles. The molecule has 0 saturated carbocycles. The molecule has 0 unspecified atom stereocenters. The largest absolute Gasteiger partial charge is 0.493 e. The van der Waals surface area contributed by atoms with Gasteiger partial charge in [-0.05, 0) is 56.2 Å². The fraction of sp³-hybridized carbons (Fsp3) is 0.240. The summed E-state index contributed by atoms with van der Waals surface area (Å²) in [5.74, 6) is 2.23. The topological polar surface area (TPSA) is 75.5 Å². The molecular formula is C25H25N3O4. The lowest BCUT2D eigenvalue weighted by atomic mass is 10.0. The minimum Gasteiger partial charge on any atom is -0.493 e. The highest BCUT2D eigenvalue weighted by Gasteiger charge is 2.16. The Morgan fingerprint density at radius 2 is 1.81 bits per heavy atom. The molecule has 4 rings (SSSR count). The van der Waals surface area contributed by atoms with Crippen molar-refractivity contribution in [3.63, 3.8) is 0 Å². The van der Waals surface area contributed by atoms with Crippen LogP contribution in [-0.4, -0.2) is 34.0 Å². The Bertz CT molecular complexity index is 1270. The van der Waals surface area contributed by atoms with E-state index in [1.165, 1.54) is 6.92 Å². The standard InChI is InChI=1S/C25H25N3O4/c1-16-11-19(18(3)29)23(12-17(16)2)32-22-5-6-27-21-14-25(24(30-4)13-20(21)22)31-10-9-28-8-7-26-15-28/h5-8,11-15H,9-10H2,1-4H3. The van der Waals surface area contributed by atoms with E-state index >= 15 is 0 Å². The van der Waals surface area contributed by atoms with Crippen molar-refractivity contribution >= 4 is 16.7 Å². The van der Waals surface area contributed by atoms with Crippen molar-refractivity contribution in [2.75, 3.05) is 13.7 Å². The summed E-state index contributed by atoms with van der Waals surface area (Å²) < 4.78 is 19.7. The molecular weight excluding hydrogens is 406 g/mol. The predicted octanol–water partition coefficient (Wildman–Crippen LogP) is 5.13. The second-order valence-corrected chi connectivity index (χ2v) is 7.57. The maximum atomic E-state index is 12.2. The average molecular weight is 431 g/mol. The zero-order valence-corrected chi connectivity index (χ0v) is 18.6. The van der Waals surface area contributed by atoms with E-state index < -0.39 is 0 Å². The van der Waals surface area contributed by atoms with E-state index in [-0.39, 0.29) is 5.78 Å². The van der Waals surface area contributed by atoms with Gasteiger partial charge in [0.1, 0.15) is 18.1 Å². The first-order valence-electron chi connectivity index (χ1n) is 10.3. The highest BCUT2D eigenvalue weighted by Crippen LogP contribution is 2.38. The van der Waals surface area contributed by atoms with Crippen molar-refractivity contribution in [3.8, 4) is 23.0 Å². The lowest BCUT2D eigenvalue weighted by Gasteiger charge is -2.16. The van der Waals surface area contributed by atoms with Crippen LogP contribution in [0.2, 0.25) is 0 Å². The van der Waals surface area contributed by atoms with Gasteiger partial charge in [-0.1, -0.05) is 0 Å². The van der Waals surface area contributed by atoms with Gasteiger partial charge in [0.2, 0.25) is 0 Å². The molecule has 164 valence electrons. The summed E-state index contributed by atoms with van der Waals surface area (Å²) in [6.45, 7) is 6.63. The number of methoxy groups -OCH3 is 1. The zero-order valence-electron chi connectivity index (χ0n) is 18.6. The minimum absolute atomic E-state index is 0.0485. The number of ketones is 1. The fourth-order valence-corrected chi connectivity index (χ4v) is 3.44. The molecule has 0 saturated heterocycles. The van der Waals surface area contributed by atoms with Crippen LogP contribution in [0.3, 0.4) is 0 Å². The van der Waals surface area contributed by atoms with E-state index in [0.29, 0.717) is 47.2 Å². The van der Waals surface area contributed by atoms with Crippen LogP contribution in [0, 0.1) is 13.8 Å². The van der Waals surface area contributed by atoms with Crippen molar-refractivity contribution in [1.29, 1.82) is 0 Å². The summed E-state index contributed by atoms with van der Waals surface area (Å²) in [6.07, 6.45) is 7.03. The molecule has 32 heavy (non-hydrogen) atoms. The van der Waals surface area contributed by atoms with Gasteiger partial charge in [-0.2, -0.15) is 0 Å². The number of hydrogen-bond acceptors (Lipinski definition) is 6. The molecule has 0 fully saturated rings. The molecule has 2 aromatic heterocycles. The van der Waals surface area contributed by atoms with Crippen molar-refractivity contribution < 1.29 is 19.0 Å². The van der Waals surface area contributed by atoms with Crippen LogP contribution in [0.25, 0.3) is 10.9 Å². The van der Waals surface area contributed by atoms with Crippen LogP contribution in [-0.2, 0) is 6.54 Å². The molecule has 2 heterocycles. The number of aromatic nitrogens is 3. The lowest BCUT2D eigenvalue weighted by molar-refractivity contribution is 0.101. The van der Waals surface area contributed by atoms with Gasteiger partial charge in [-0.25, -0.2) is 4.98 Å². The number of carbonyl (C=O) groups is 1. The lowest BCUT2D eigenvalue weighted by Crippen LogP contribution is -2.07. The number of hydrogen-bond donors (Lipinski definition) is 0. The van der Waals surface area contributed by atoms with E-state index in [2.05, 4.69) is 9.97 Å². The SMILES string of the molecule is COc1cc2c(Oc3cc(C)c(C)cc3C(C)=O)ccnc2cc1OCCn1ccnc1. The first-order chi connectivity index (χ1) is 15.5. The number of rotatable bonds is 8. The zero-order chi connectivity index (χ0) is 22.7. The van der Waals surface area contributed by atoms with E-state index in [0.717, 1.165) is 16.5 Å². The smallest absolute Gasteiger partial charge is 0.163 e. The summed E-state index contributed by atoms with van der Waals surface area (Å²) in [5, 5.41) is 0.763. The average Bonchev–Trinajstić information content (AvgIpc) is 3.29. The van der Waals surface area contributed by atoms with Gasteiger partial charge in [-0.15, -0.1) is 0 Å². The second-order valence-electron chi connectivity index (χ2n) is 7.57. The van der Waals surface area contributed by atoms with Crippen molar-refractivity contribution in [1.82, 2.24) is 14.5 Å². The molecule has 0 radical (unpaired) electrons. The van der Waals surface area contributed by atoms with Crippen molar-refractivity contribution in [3.05, 3.63) is 71.9 Å². The van der Waals surface area contributed by atoms with Gasteiger partial charge in [0.05, 0.1) is 31.1 Å². The van der Waals surface area contributed by atoms with Crippen LogP contribution in [0.5, 0.6) is 23.0 Å². The van der Waals surface area contributed by atoms with E-state index in [1.54, 1.807) is 31.9 Å². The van der Waals surface area contributed by atoms with Crippen LogP contribution < -0.4 is 14.2 Å². The van der Waals surface area contributed by atoms with E-state index in [1.807, 2.05) is 48.9 Å². The van der Waals surface area contributed by atoms with Crippen LogP contribution in [0.4, 0.5) is 0 Å². The number of aryl methyl sites for hydroxylation is 2. The maximum Gasteiger partial charge on any atom is 0.163 e. The molecule has 0 amide bonds. The van der Waals surface area contributed by atoms with Crippen molar-refractivity contribution in [2.24, 2.45) is 0 Å².